The lowest BCUT2D eigenvalue weighted by atomic mass is 10.1. The summed E-state index contributed by atoms with van der Waals surface area (Å²) in [7, 11) is 0. The third-order valence-corrected chi connectivity index (χ3v) is 2.81. The average Bonchev–Trinajstić information content (AvgIpc) is 2.07. The van der Waals surface area contributed by atoms with Gasteiger partial charge in [-0.15, -0.1) is 0 Å². The van der Waals surface area contributed by atoms with Crippen molar-refractivity contribution in [2.24, 2.45) is 0 Å². The van der Waals surface area contributed by atoms with Crippen LogP contribution in [0.3, 0.4) is 0 Å². The van der Waals surface area contributed by atoms with E-state index in [2.05, 4.69) is 31.9 Å². The maximum atomic E-state index is 10.7. The molecule has 0 bridgehead atoms. The molecule has 0 unspecified atom stereocenters. The molecule has 0 saturated heterocycles. The topological polar surface area (TPSA) is 74.6 Å². The van der Waals surface area contributed by atoms with Crippen molar-refractivity contribution in [2.75, 3.05) is 0 Å². The molecule has 14 heavy (non-hydrogen) atoms. The van der Waals surface area contributed by atoms with E-state index in [0.29, 0.717) is 4.47 Å². The van der Waals surface area contributed by atoms with E-state index in [9.17, 15) is 9.59 Å². The molecule has 0 fully saturated rings. The second kappa shape index (κ2) is 4.10. The van der Waals surface area contributed by atoms with Gasteiger partial charge in [0.25, 0.3) is 0 Å². The van der Waals surface area contributed by atoms with Crippen molar-refractivity contribution in [1.29, 1.82) is 0 Å². The van der Waals surface area contributed by atoms with Crippen LogP contribution in [0.1, 0.15) is 20.7 Å². The second-order valence-corrected chi connectivity index (χ2v) is 4.13. The van der Waals surface area contributed by atoms with Gasteiger partial charge in [-0.3, -0.25) is 0 Å². The van der Waals surface area contributed by atoms with Gasteiger partial charge in [0.1, 0.15) is 0 Å². The molecular weight excluding hydrogens is 320 g/mol. The Morgan fingerprint density at radius 3 is 1.64 bits per heavy atom. The van der Waals surface area contributed by atoms with Crippen molar-refractivity contribution in [1.82, 2.24) is 0 Å². The standard InChI is InChI=1S/C8H4Br2O4/c9-3-1-4(7(11)12)6(10)5(2-3)8(13)14/h1-2H,(H,11,12)(H,13,14). The monoisotopic (exact) mass is 322 g/mol. The Kier molecular flexibility index (Phi) is 3.28. The molecule has 1 aromatic carbocycles. The van der Waals surface area contributed by atoms with Gasteiger partial charge in [0.05, 0.1) is 11.1 Å². The van der Waals surface area contributed by atoms with Crippen LogP contribution in [0.2, 0.25) is 0 Å². The highest BCUT2D eigenvalue weighted by Crippen LogP contribution is 2.26. The van der Waals surface area contributed by atoms with E-state index in [1.165, 1.54) is 12.1 Å². The minimum absolute atomic E-state index is 0.0701. The highest BCUT2D eigenvalue weighted by molar-refractivity contribution is 9.11. The van der Waals surface area contributed by atoms with E-state index in [0.717, 1.165) is 0 Å². The molecule has 74 valence electrons. The average molecular weight is 324 g/mol. The minimum atomic E-state index is -1.18. The first-order valence-electron chi connectivity index (χ1n) is 3.39. The first-order valence-corrected chi connectivity index (χ1v) is 4.97. The molecule has 0 spiro atoms. The fourth-order valence-corrected chi connectivity index (χ4v) is 1.93. The molecular formula is C8H4Br2O4. The van der Waals surface area contributed by atoms with E-state index in [-0.39, 0.29) is 15.6 Å². The fourth-order valence-electron chi connectivity index (χ4n) is 0.900. The zero-order valence-electron chi connectivity index (χ0n) is 6.62. The van der Waals surface area contributed by atoms with Crippen molar-refractivity contribution >= 4 is 43.8 Å². The molecule has 0 atom stereocenters. The van der Waals surface area contributed by atoms with Crippen LogP contribution in [-0.2, 0) is 0 Å². The third kappa shape index (κ3) is 2.13. The molecule has 2 N–H and O–H groups in total. The van der Waals surface area contributed by atoms with E-state index < -0.39 is 11.9 Å². The van der Waals surface area contributed by atoms with E-state index in [1.807, 2.05) is 0 Å². The van der Waals surface area contributed by atoms with Gasteiger partial charge in [-0.05, 0) is 28.1 Å². The van der Waals surface area contributed by atoms with Crippen LogP contribution in [0.5, 0.6) is 0 Å². The molecule has 0 radical (unpaired) electrons. The van der Waals surface area contributed by atoms with Crippen LogP contribution in [0, 0.1) is 0 Å². The number of rotatable bonds is 2. The summed E-state index contributed by atoms with van der Waals surface area (Å²) in [6.07, 6.45) is 0. The molecule has 1 aromatic rings. The van der Waals surface area contributed by atoms with Crippen molar-refractivity contribution in [2.45, 2.75) is 0 Å². The zero-order valence-corrected chi connectivity index (χ0v) is 9.79. The molecule has 1 rings (SSSR count). The van der Waals surface area contributed by atoms with Crippen molar-refractivity contribution in [3.8, 4) is 0 Å². The first kappa shape index (κ1) is 11.2. The molecule has 0 aromatic heterocycles. The van der Waals surface area contributed by atoms with Crippen LogP contribution in [-0.4, -0.2) is 22.2 Å². The summed E-state index contributed by atoms with van der Waals surface area (Å²) in [6.45, 7) is 0. The summed E-state index contributed by atoms with van der Waals surface area (Å²) in [4.78, 5) is 21.4. The van der Waals surface area contributed by atoms with E-state index >= 15 is 0 Å². The first-order chi connectivity index (χ1) is 6.43. The van der Waals surface area contributed by atoms with Crippen LogP contribution in [0.25, 0.3) is 0 Å². The van der Waals surface area contributed by atoms with Crippen molar-refractivity contribution in [3.63, 3.8) is 0 Å². The maximum absolute atomic E-state index is 10.7. The normalized spacial score (nSPS) is 9.86. The Morgan fingerprint density at radius 1 is 1.00 bits per heavy atom. The Labute approximate surface area is 95.8 Å². The van der Waals surface area contributed by atoms with Gasteiger partial charge < -0.3 is 10.2 Å². The van der Waals surface area contributed by atoms with E-state index in [4.69, 9.17) is 10.2 Å². The SMILES string of the molecule is O=C(O)c1cc(Br)cc(C(=O)O)c1Br. The summed E-state index contributed by atoms with van der Waals surface area (Å²) in [5.74, 6) is -2.36. The molecule has 0 amide bonds. The Morgan fingerprint density at radius 2 is 1.36 bits per heavy atom. The molecule has 0 aliphatic carbocycles. The Hall–Kier alpha value is -0.880. The summed E-state index contributed by atoms with van der Waals surface area (Å²) < 4.78 is 0.483. The minimum Gasteiger partial charge on any atom is -0.478 e. The van der Waals surface area contributed by atoms with Gasteiger partial charge in [-0.1, -0.05) is 15.9 Å². The van der Waals surface area contributed by atoms with Gasteiger partial charge in [0, 0.05) is 8.95 Å². The maximum Gasteiger partial charge on any atom is 0.336 e. The summed E-state index contributed by atoms with van der Waals surface area (Å²) in [6, 6.07) is 2.66. The number of benzene rings is 1. The number of halogens is 2. The fraction of sp³-hybridized carbons (Fsp3) is 0. The predicted molar refractivity (Wildman–Crippen MR) is 55.8 cm³/mol. The number of carboxylic acid groups (broad SMARTS) is 2. The lowest BCUT2D eigenvalue weighted by molar-refractivity contribution is 0.0696. The lowest BCUT2D eigenvalue weighted by Crippen LogP contribution is -2.04. The van der Waals surface area contributed by atoms with Gasteiger partial charge in [0.2, 0.25) is 0 Å². The van der Waals surface area contributed by atoms with Crippen LogP contribution >= 0.6 is 31.9 Å². The summed E-state index contributed by atoms with van der Waals surface area (Å²) in [5, 5.41) is 17.5. The lowest BCUT2D eigenvalue weighted by Gasteiger charge is -2.04. The number of carboxylic acids is 2. The van der Waals surface area contributed by atoms with Crippen LogP contribution in [0.15, 0.2) is 21.1 Å². The smallest absolute Gasteiger partial charge is 0.336 e. The predicted octanol–water partition coefficient (Wildman–Crippen LogP) is 2.61. The molecule has 6 heteroatoms. The van der Waals surface area contributed by atoms with Gasteiger partial charge >= 0.3 is 11.9 Å². The molecule has 0 saturated carbocycles. The molecule has 0 aliphatic rings. The summed E-state index contributed by atoms with van der Waals surface area (Å²) >= 11 is 5.97. The van der Waals surface area contributed by atoms with Crippen LogP contribution in [0.4, 0.5) is 0 Å². The highest BCUT2D eigenvalue weighted by Gasteiger charge is 2.17. The second-order valence-electron chi connectivity index (χ2n) is 2.43. The largest absolute Gasteiger partial charge is 0.478 e. The third-order valence-electron chi connectivity index (χ3n) is 1.50. The molecule has 0 aliphatic heterocycles. The summed E-state index contributed by atoms with van der Waals surface area (Å²) in [5.41, 5.74) is -0.173. The molecule has 0 heterocycles. The Bertz CT molecular complexity index is 379. The number of hydrogen-bond acceptors (Lipinski definition) is 2. The number of aromatic carboxylic acids is 2. The Balaban J connectivity index is 3.47. The van der Waals surface area contributed by atoms with Crippen molar-refractivity contribution in [3.05, 3.63) is 32.2 Å². The highest BCUT2D eigenvalue weighted by atomic mass is 79.9. The van der Waals surface area contributed by atoms with Crippen molar-refractivity contribution < 1.29 is 19.8 Å². The van der Waals surface area contributed by atoms with E-state index in [1.54, 1.807) is 0 Å². The van der Waals surface area contributed by atoms with Crippen LogP contribution < -0.4 is 0 Å². The quantitative estimate of drug-likeness (QED) is 0.877. The number of hydrogen-bond donors (Lipinski definition) is 2. The van der Waals surface area contributed by atoms with Gasteiger partial charge in [-0.2, -0.15) is 0 Å². The van der Waals surface area contributed by atoms with Gasteiger partial charge in [0.15, 0.2) is 0 Å². The van der Waals surface area contributed by atoms with Gasteiger partial charge in [-0.25, -0.2) is 9.59 Å². The number of carbonyl (C=O) groups is 2. The molecule has 4 nitrogen and oxygen atoms in total. The zero-order chi connectivity index (χ0) is 10.9.